The van der Waals surface area contributed by atoms with Crippen molar-refractivity contribution < 1.29 is 14.3 Å². The van der Waals surface area contributed by atoms with Crippen molar-refractivity contribution in [3.63, 3.8) is 0 Å². The molecular weight excluding hydrogens is 322 g/mol. The van der Waals surface area contributed by atoms with E-state index < -0.39 is 0 Å². The number of benzene rings is 1. The van der Waals surface area contributed by atoms with E-state index in [2.05, 4.69) is 15.3 Å². The molecule has 1 aliphatic rings. The second kappa shape index (κ2) is 7.38. The highest BCUT2D eigenvalue weighted by molar-refractivity contribution is 5.76. The van der Waals surface area contributed by atoms with Crippen LogP contribution in [0.4, 0.5) is 0 Å². The van der Waals surface area contributed by atoms with Gasteiger partial charge < -0.3 is 19.8 Å². The van der Waals surface area contributed by atoms with E-state index in [4.69, 9.17) is 9.47 Å². The maximum Gasteiger partial charge on any atom is 0.254 e. The van der Waals surface area contributed by atoms with Gasteiger partial charge in [-0.2, -0.15) is 0 Å². The molecule has 0 aliphatic carbocycles. The molecule has 0 unspecified atom stereocenters. The average Bonchev–Trinajstić information content (AvgIpc) is 2.59. The number of carbonyl (C=O) groups excluding carboxylic acids is 1. The number of para-hydroxylation sites is 2. The van der Waals surface area contributed by atoms with Crippen molar-refractivity contribution in [1.29, 1.82) is 0 Å². The molecule has 0 saturated carbocycles. The number of ether oxygens (including phenoxy) is 2. The van der Waals surface area contributed by atoms with Crippen LogP contribution in [-0.2, 0) is 11.2 Å². The van der Waals surface area contributed by atoms with Crippen molar-refractivity contribution in [1.82, 2.24) is 15.3 Å². The van der Waals surface area contributed by atoms with Gasteiger partial charge >= 0.3 is 0 Å². The van der Waals surface area contributed by atoms with E-state index in [1.54, 1.807) is 13.8 Å². The fraction of sp³-hybridized carbons (Fsp3) is 0.389. The summed E-state index contributed by atoms with van der Waals surface area (Å²) in [6.45, 7) is 4.25. The smallest absolute Gasteiger partial charge is 0.254 e. The minimum atomic E-state index is -0.231. The lowest BCUT2D eigenvalue weighted by Gasteiger charge is -2.26. The topological polar surface area (TPSA) is 93.3 Å². The predicted octanol–water partition coefficient (Wildman–Crippen LogP) is 1.28. The van der Waals surface area contributed by atoms with Crippen LogP contribution in [0.3, 0.4) is 0 Å². The van der Waals surface area contributed by atoms with Gasteiger partial charge in [0.15, 0.2) is 11.5 Å². The summed E-state index contributed by atoms with van der Waals surface area (Å²) in [5, 5.41) is 2.83. The first kappa shape index (κ1) is 17.0. The molecule has 0 saturated heterocycles. The van der Waals surface area contributed by atoms with Gasteiger partial charge in [0, 0.05) is 17.7 Å². The van der Waals surface area contributed by atoms with Gasteiger partial charge in [-0.25, -0.2) is 4.98 Å². The first-order chi connectivity index (χ1) is 12.0. The summed E-state index contributed by atoms with van der Waals surface area (Å²) in [5.41, 5.74) is 1.03. The Morgan fingerprint density at radius 1 is 1.32 bits per heavy atom. The number of aromatic amines is 1. The molecule has 2 aromatic rings. The van der Waals surface area contributed by atoms with Crippen LogP contribution >= 0.6 is 0 Å². The second-order valence-corrected chi connectivity index (χ2v) is 6.02. The fourth-order valence-electron chi connectivity index (χ4n) is 2.76. The normalized spacial score (nSPS) is 15.7. The first-order valence-electron chi connectivity index (χ1n) is 8.24. The maximum absolute atomic E-state index is 12.1. The minimum Gasteiger partial charge on any atom is -0.486 e. The van der Waals surface area contributed by atoms with Crippen LogP contribution in [0.15, 0.2) is 29.1 Å². The average molecular weight is 343 g/mol. The first-order valence-corrected chi connectivity index (χ1v) is 8.24. The van der Waals surface area contributed by atoms with Crippen LogP contribution in [0.25, 0.3) is 0 Å². The molecule has 0 radical (unpaired) electrons. The van der Waals surface area contributed by atoms with E-state index in [0.717, 1.165) is 0 Å². The van der Waals surface area contributed by atoms with E-state index in [1.165, 1.54) is 0 Å². The minimum absolute atomic E-state index is 0.137. The number of aromatic nitrogens is 2. The van der Waals surface area contributed by atoms with Crippen LogP contribution in [0, 0.1) is 13.8 Å². The molecule has 1 aromatic heterocycles. The predicted molar refractivity (Wildman–Crippen MR) is 92.0 cm³/mol. The number of H-pyrrole nitrogens is 1. The SMILES string of the molecule is Cc1nc(C)c(CCC(=O)NC[C@@H]2COc3ccccc3O2)c(=O)[nH]1. The largest absolute Gasteiger partial charge is 0.486 e. The fourth-order valence-corrected chi connectivity index (χ4v) is 2.76. The molecule has 1 amide bonds. The third-order valence-corrected chi connectivity index (χ3v) is 4.04. The number of hydrogen-bond acceptors (Lipinski definition) is 5. The summed E-state index contributed by atoms with van der Waals surface area (Å²) in [5.74, 6) is 1.83. The summed E-state index contributed by atoms with van der Waals surface area (Å²) in [6, 6.07) is 7.44. The number of amides is 1. The third kappa shape index (κ3) is 4.17. The molecule has 7 heteroatoms. The highest BCUT2D eigenvalue weighted by Gasteiger charge is 2.21. The molecule has 1 atom stereocenters. The highest BCUT2D eigenvalue weighted by atomic mass is 16.6. The Kier molecular flexibility index (Phi) is 5.02. The number of rotatable bonds is 5. The molecule has 132 valence electrons. The number of nitrogens with zero attached hydrogens (tertiary/aromatic N) is 1. The Hall–Kier alpha value is -2.83. The lowest BCUT2D eigenvalue weighted by Crippen LogP contribution is -2.40. The Balaban J connectivity index is 1.49. The van der Waals surface area contributed by atoms with Gasteiger partial charge in [0.2, 0.25) is 5.91 Å². The van der Waals surface area contributed by atoms with Gasteiger partial charge in [-0.15, -0.1) is 0 Å². The van der Waals surface area contributed by atoms with Crippen LogP contribution < -0.4 is 20.3 Å². The van der Waals surface area contributed by atoms with E-state index in [9.17, 15) is 9.59 Å². The van der Waals surface area contributed by atoms with Gasteiger partial charge in [0.1, 0.15) is 18.5 Å². The second-order valence-electron chi connectivity index (χ2n) is 6.02. The molecule has 3 rings (SSSR count). The Morgan fingerprint density at radius 2 is 2.08 bits per heavy atom. The number of carbonyl (C=O) groups is 1. The number of aryl methyl sites for hydroxylation is 2. The van der Waals surface area contributed by atoms with Crippen molar-refractivity contribution in [3.8, 4) is 11.5 Å². The summed E-state index contributed by atoms with van der Waals surface area (Å²) in [6.07, 6.45) is 0.342. The van der Waals surface area contributed by atoms with Crippen LogP contribution in [0.5, 0.6) is 11.5 Å². The molecule has 0 spiro atoms. The molecule has 2 heterocycles. The van der Waals surface area contributed by atoms with E-state index in [-0.39, 0.29) is 24.0 Å². The van der Waals surface area contributed by atoms with Gasteiger partial charge in [-0.3, -0.25) is 9.59 Å². The van der Waals surface area contributed by atoms with Crippen molar-refractivity contribution >= 4 is 5.91 Å². The van der Waals surface area contributed by atoms with Gasteiger partial charge in [0.05, 0.1) is 6.54 Å². The van der Waals surface area contributed by atoms with E-state index >= 15 is 0 Å². The van der Waals surface area contributed by atoms with Crippen molar-refractivity contribution in [2.75, 3.05) is 13.2 Å². The molecule has 7 nitrogen and oxygen atoms in total. The molecule has 25 heavy (non-hydrogen) atoms. The zero-order valence-corrected chi connectivity index (χ0v) is 14.3. The summed E-state index contributed by atoms with van der Waals surface area (Å²) in [7, 11) is 0. The molecule has 1 aromatic carbocycles. The van der Waals surface area contributed by atoms with Gasteiger partial charge in [0.25, 0.3) is 5.56 Å². The molecular formula is C18H21N3O4. The summed E-state index contributed by atoms with van der Waals surface area (Å²) < 4.78 is 11.4. The lowest BCUT2D eigenvalue weighted by molar-refractivity contribution is -0.121. The Bertz CT molecular complexity index is 831. The van der Waals surface area contributed by atoms with E-state index in [0.29, 0.717) is 48.2 Å². The number of fused-ring (bicyclic) bond motifs is 1. The number of nitrogens with one attached hydrogen (secondary N) is 2. The van der Waals surface area contributed by atoms with Crippen LogP contribution in [-0.4, -0.2) is 35.1 Å². The zero-order valence-electron chi connectivity index (χ0n) is 14.3. The zero-order chi connectivity index (χ0) is 17.8. The van der Waals surface area contributed by atoms with Gasteiger partial charge in [-0.05, 0) is 32.4 Å². The van der Waals surface area contributed by atoms with Crippen LogP contribution in [0.1, 0.15) is 23.5 Å². The highest BCUT2D eigenvalue weighted by Crippen LogP contribution is 2.30. The van der Waals surface area contributed by atoms with Crippen molar-refractivity contribution in [2.24, 2.45) is 0 Å². The lowest BCUT2D eigenvalue weighted by atomic mass is 10.1. The monoisotopic (exact) mass is 343 g/mol. The Labute approximate surface area is 145 Å². The van der Waals surface area contributed by atoms with E-state index in [1.807, 2.05) is 24.3 Å². The van der Waals surface area contributed by atoms with Crippen molar-refractivity contribution in [2.45, 2.75) is 32.8 Å². The standard InChI is InChI=1S/C18H21N3O4/c1-11-14(18(23)21-12(2)20-11)7-8-17(22)19-9-13-10-24-15-5-3-4-6-16(15)25-13/h3-6,13H,7-10H2,1-2H3,(H,19,22)(H,20,21,23)/t13-/m1/s1. The third-order valence-electron chi connectivity index (χ3n) is 4.04. The summed E-state index contributed by atoms with van der Waals surface area (Å²) >= 11 is 0. The molecule has 2 N–H and O–H groups in total. The molecule has 0 bridgehead atoms. The van der Waals surface area contributed by atoms with Crippen molar-refractivity contribution in [3.05, 3.63) is 51.7 Å². The van der Waals surface area contributed by atoms with Gasteiger partial charge in [-0.1, -0.05) is 12.1 Å². The van der Waals surface area contributed by atoms with Crippen LogP contribution in [0.2, 0.25) is 0 Å². The maximum atomic E-state index is 12.1. The number of hydrogen-bond donors (Lipinski definition) is 2. The molecule has 0 fully saturated rings. The quantitative estimate of drug-likeness (QED) is 0.853. The molecule has 1 aliphatic heterocycles. The summed E-state index contributed by atoms with van der Waals surface area (Å²) in [4.78, 5) is 30.9. The Morgan fingerprint density at radius 3 is 2.84 bits per heavy atom.